The highest BCUT2D eigenvalue weighted by atomic mass is 32.1. The first kappa shape index (κ1) is 8.64. The second-order valence-electron chi connectivity index (χ2n) is 1.28. The number of hydrogen-bond donors (Lipinski definition) is 2. The molecule has 0 aliphatic rings. The van der Waals surface area contributed by atoms with Gasteiger partial charge in [0.2, 0.25) is 5.91 Å². The van der Waals surface area contributed by atoms with Crippen LogP contribution in [0.25, 0.3) is 0 Å². The smallest absolute Gasteiger partial charge is 0.244 e. The van der Waals surface area contributed by atoms with Gasteiger partial charge in [0, 0.05) is 5.75 Å². The summed E-state index contributed by atoms with van der Waals surface area (Å²) in [7, 11) is 0. The second kappa shape index (κ2) is 4.51. The molecule has 52 valence electrons. The first-order valence-corrected chi connectivity index (χ1v) is 3.44. The van der Waals surface area contributed by atoms with Gasteiger partial charge in [-0.25, -0.2) is 0 Å². The Labute approximate surface area is 61.5 Å². The summed E-state index contributed by atoms with van der Waals surface area (Å²) in [5.74, 6) is -0.432. The maximum Gasteiger partial charge on any atom is 0.244 e. The minimum atomic E-state index is -0.754. The van der Waals surface area contributed by atoms with E-state index in [9.17, 15) is 9.00 Å². The van der Waals surface area contributed by atoms with E-state index >= 15 is 0 Å². The van der Waals surface area contributed by atoms with Crippen LogP contribution < -0.4 is 5.73 Å². The molecule has 1 amide bonds. The van der Waals surface area contributed by atoms with Crippen LogP contribution in [0.3, 0.4) is 0 Å². The number of carbonyl (C=O) groups is 1. The van der Waals surface area contributed by atoms with Crippen molar-refractivity contribution in [3.8, 4) is 0 Å². The van der Waals surface area contributed by atoms with Gasteiger partial charge in [-0.2, -0.15) is 21.2 Å². The zero-order valence-electron chi connectivity index (χ0n) is 4.48. The fraction of sp³-hybridized carbons (Fsp3) is 0.667. The SMILES string of the molecule is NC(=O)C(CS)N=S=O. The highest BCUT2D eigenvalue weighted by Gasteiger charge is 2.09. The molecule has 0 radical (unpaired) electrons. The van der Waals surface area contributed by atoms with Crippen molar-refractivity contribution in [1.82, 2.24) is 0 Å². The summed E-state index contributed by atoms with van der Waals surface area (Å²) in [5.41, 5.74) is 4.80. The van der Waals surface area contributed by atoms with Crippen LogP contribution in [0, 0.1) is 0 Å². The molecule has 0 fully saturated rings. The molecule has 4 nitrogen and oxygen atoms in total. The lowest BCUT2D eigenvalue weighted by Crippen LogP contribution is -2.27. The predicted molar refractivity (Wildman–Crippen MR) is 37.4 cm³/mol. The van der Waals surface area contributed by atoms with E-state index in [1.807, 2.05) is 0 Å². The lowest BCUT2D eigenvalue weighted by Gasteiger charge is -1.97. The van der Waals surface area contributed by atoms with Gasteiger partial charge in [0.15, 0.2) is 17.5 Å². The van der Waals surface area contributed by atoms with Gasteiger partial charge in [-0.15, -0.1) is 0 Å². The Morgan fingerprint density at radius 3 is 2.56 bits per heavy atom. The molecule has 1 atom stereocenters. The Morgan fingerprint density at radius 2 is 2.44 bits per heavy atom. The van der Waals surface area contributed by atoms with E-state index in [1.165, 1.54) is 0 Å². The molecule has 0 bridgehead atoms. The van der Waals surface area contributed by atoms with Crippen molar-refractivity contribution in [3.05, 3.63) is 0 Å². The Bertz CT molecular complexity index is 152. The van der Waals surface area contributed by atoms with Crippen LogP contribution >= 0.6 is 12.6 Å². The van der Waals surface area contributed by atoms with E-state index in [4.69, 9.17) is 5.73 Å². The van der Waals surface area contributed by atoms with Crippen LogP contribution in [-0.4, -0.2) is 21.9 Å². The molecule has 0 aromatic carbocycles. The van der Waals surface area contributed by atoms with Crippen molar-refractivity contribution in [2.24, 2.45) is 10.1 Å². The molecule has 0 saturated heterocycles. The minimum absolute atomic E-state index is 0.0121. The van der Waals surface area contributed by atoms with Crippen LogP contribution in [-0.2, 0) is 16.3 Å². The number of carbonyl (C=O) groups excluding carboxylic acids is 1. The van der Waals surface area contributed by atoms with Gasteiger partial charge < -0.3 is 5.73 Å². The highest BCUT2D eigenvalue weighted by molar-refractivity contribution is 7.80. The Balaban J connectivity index is 3.98. The van der Waals surface area contributed by atoms with E-state index in [-0.39, 0.29) is 17.2 Å². The second-order valence-corrected chi connectivity index (χ2v) is 2.01. The van der Waals surface area contributed by atoms with Gasteiger partial charge in [-0.3, -0.25) is 4.79 Å². The van der Waals surface area contributed by atoms with Gasteiger partial charge in [-0.1, -0.05) is 0 Å². The Morgan fingerprint density at radius 1 is 1.89 bits per heavy atom. The zero-order chi connectivity index (χ0) is 7.28. The van der Waals surface area contributed by atoms with Gasteiger partial charge >= 0.3 is 0 Å². The van der Waals surface area contributed by atoms with E-state index in [2.05, 4.69) is 17.0 Å². The molecule has 0 spiro atoms. The number of nitrogens with zero attached hydrogens (tertiary/aromatic N) is 1. The normalized spacial score (nSPS) is 12.1. The number of rotatable bonds is 3. The third-order valence-corrected chi connectivity index (χ3v) is 1.36. The number of hydrogen-bond acceptors (Lipinski definition) is 4. The summed E-state index contributed by atoms with van der Waals surface area (Å²) < 4.78 is 13.0. The van der Waals surface area contributed by atoms with E-state index in [0.717, 1.165) is 0 Å². The maximum atomic E-state index is 10.2. The quantitative estimate of drug-likeness (QED) is 0.537. The van der Waals surface area contributed by atoms with Gasteiger partial charge in [0.25, 0.3) is 0 Å². The fourth-order valence-electron chi connectivity index (χ4n) is 0.227. The summed E-state index contributed by atoms with van der Waals surface area (Å²) >= 11 is 3.73. The molecule has 0 rings (SSSR count). The third kappa shape index (κ3) is 3.26. The molecule has 0 aromatic rings. The fourth-order valence-corrected chi connectivity index (χ4v) is 0.882. The van der Waals surface area contributed by atoms with Crippen molar-refractivity contribution >= 4 is 30.0 Å². The molecule has 2 N–H and O–H groups in total. The van der Waals surface area contributed by atoms with Crippen molar-refractivity contribution in [2.45, 2.75) is 6.04 Å². The van der Waals surface area contributed by atoms with Crippen LogP contribution in [0.5, 0.6) is 0 Å². The third-order valence-electron chi connectivity index (χ3n) is 0.672. The number of nitrogens with two attached hydrogens (primary N) is 1. The molecule has 0 aliphatic heterocycles. The number of thiol groups is 1. The van der Waals surface area contributed by atoms with Crippen LogP contribution in [0.15, 0.2) is 4.36 Å². The van der Waals surface area contributed by atoms with E-state index in [1.54, 1.807) is 0 Å². The zero-order valence-corrected chi connectivity index (χ0v) is 6.19. The molecule has 1 unspecified atom stereocenters. The standard InChI is InChI=1S/C3H6N2O2S2/c4-3(6)2(1-8)5-9-7/h2,8H,1H2,(H2,4,6). The molecule has 0 aromatic heterocycles. The molecule has 0 heterocycles. The predicted octanol–water partition coefficient (Wildman–Crippen LogP) is -0.833. The van der Waals surface area contributed by atoms with Crippen LogP contribution in [0.4, 0.5) is 0 Å². The summed E-state index contributed by atoms with van der Waals surface area (Å²) in [5, 5.41) is 0. The molecular formula is C3H6N2O2S2. The van der Waals surface area contributed by atoms with Crippen molar-refractivity contribution in [1.29, 1.82) is 0 Å². The summed E-state index contributed by atoms with van der Waals surface area (Å²) in [6.45, 7) is 0. The topological polar surface area (TPSA) is 72.5 Å². The van der Waals surface area contributed by atoms with E-state index < -0.39 is 11.9 Å². The van der Waals surface area contributed by atoms with Crippen LogP contribution in [0.1, 0.15) is 0 Å². The first-order chi connectivity index (χ1) is 4.22. The first-order valence-electron chi connectivity index (χ1n) is 2.11. The summed E-state index contributed by atoms with van der Waals surface area (Å²) in [4.78, 5) is 10.2. The summed E-state index contributed by atoms with van der Waals surface area (Å²) in [6, 6.07) is -0.754. The lowest BCUT2D eigenvalue weighted by molar-refractivity contribution is -0.118. The number of primary amides is 1. The molecule has 9 heavy (non-hydrogen) atoms. The minimum Gasteiger partial charge on any atom is -0.368 e. The highest BCUT2D eigenvalue weighted by Crippen LogP contribution is 1.90. The van der Waals surface area contributed by atoms with Gasteiger partial charge in [0.1, 0.15) is 0 Å². The van der Waals surface area contributed by atoms with Crippen molar-refractivity contribution < 1.29 is 9.00 Å². The average molecular weight is 166 g/mol. The van der Waals surface area contributed by atoms with E-state index in [0.29, 0.717) is 0 Å². The largest absolute Gasteiger partial charge is 0.368 e. The van der Waals surface area contributed by atoms with Gasteiger partial charge in [-0.05, 0) is 0 Å². The van der Waals surface area contributed by atoms with Gasteiger partial charge in [0.05, 0.1) is 0 Å². The average Bonchev–Trinajstić information content (AvgIpc) is 1.82. The van der Waals surface area contributed by atoms with Crippen LogP contribution in [0.2, 0.25) is 0 Å². The number of amides is 1. The Kier molecular flexibility index (Phi) is 4.33. The van der Waals surface area contributed by atoms with Crippen molar-refractivity contribution in [3.63, 3.8) is 0 Å². The molecule has 0 aliphatic carbocycles. The monoisotopic (exact) mass is 166 g/mol. The molecule has 6 heteroatoms. The maximum absolute atomic E-state index is 10.2. The summed E-state index contributed by atoms with van der Waals surface area (Å²) in [6.07, 6.45) is 0. The lowest BCUT2D eigenvalue weighted by atomic mass is 10.3. The molecule has 0 saturated carbocycles. The Hall–Kier alpha value is -0.360. The van der Waals surface area contributed by atoms with Crippen molar-refractivity contribution in [2.75, 3.05) is 5.75 Å². The molecular weight excluding hydrogens is 160 g/mol.